The van der Waals surface area contributed by atoms with E-state index in [2.05, 4.69) is 32.9 Å². The molecular weight excluding hydrogens is 357 g/mol. The van der Waals surface area contributed by atoms with E-state index >= 15 is 0 Å². The van der Waals surface area contributed by atoms with Gasteiger partial charge in [0.05, 0.1) is 12.2 Å². The van der Waals surface area contributed by atoms with Gasteiger partial charge >= 0.3 is 0 Å². The molecule has 3 aromatic rings. The number of nitrogens with zero attached hydrogens (tertiary/aromatic N) is 3. The highest BCUT2D eigenvalue weighted by Crippen LogP contribution is 2.16. The van der Waals surface area contributed by atoms with Crippen molar-refractivity contribution in [3.63, 3.8) is 0 Å². The van der Waals surface area contributed by atoms with Crippen LogP contribution in [0.5, 0.6) is 5.75 Å². The van der Waals surface area contributed by atoms with Gasteiger partial charge in [0, 0.05) is 25.5 Å². The zero-order valence-electron chi connectivity index (χ0n) is 15.8. The third kappa shape index (κ3) is 5.33. The van der Waals surface area contributed by atoms with E-state index < -0.39 is 5.82 Å². The zero-order chi connectivity index (χ0) is 19.8. The summed E-state index contributed by atoms with van der Waals surface area (Å²) in [6.07, 6.45) is 4.51. The Labute approximate surface area is 163 Å². The Hall–Kier alpha value is -3.35. The SMILES string of the molecule is CCNC(=NCc1ccc(O)c(F)c1)NCCc1ccc(-n2cccn2)cc1. The molecule has 0 aliphatic heterocycles. The molecule has 146 valence electrons. The van der Waals surface area contributed by atoms with Crippen LogP contribution in [0.3, 0.4) is 0 Å². The molecule has 6 nitrogen and oxygen atoms in total. The standard InChI is InChI=1S/C21H24FN5O/c1-2-23-21(25-15-17-6-9-20(28)19(22)14-17)24-12-10-16-4-7-18(8-5-16)27-13-3-11-26-27/h3-9,11,13-14,28H,2,10,12,15H2,1H3,(H2,23,24,25). The first-order chi connectivity index (χ1) is 13.7. The molecule has 0 amide bonds. The highest BCUT2D eigenvalue weighted by Gasteiger charge is 2.03. The predicted octanol–water partition coefficient (Wildman–Crippen LogP) is 3.01. The normalized spacial score (nSPS) is 11.4. The Morgan fingerprint density at radius 3 is 2.61 bits per heavy atom. The number of hydrogen-bond acceptors (Lipinski definition) is 3. The van der Waals surface area contributed by atoms with Crippen molar-refractivity contribution in [2.24, 2.45) is 4.99 Å². The van der Waals surface area contributed by atoms with E-state index in [4.69, 9.17) is 0 Å². The molecule has 0 unspecified atom stereocenters. The predicted molar refractivity (Wildman–Crippen MR) is 108 cm³/mol. The second kappa shape index (κ2) is 9.55. The van der Waals surface area contributed by atoms with Crippen molar-refractivity contribution >= 4 is 5.96 Å². The van der Waals surface area contributed by atoms with Crippen LogP contribution in [-0.4, -0.2) is 33.9 Å². The van der Waals surface area contributed by atoms with Crippen LogP contribution in [0.4, 0.5) is 4.39 Å². The van der Waals surface area contributed by atoms with Crippen LogP contribution in [0.2, 0.25) is 0 Å². The van der Waals surface area contributed by atoms with Gasteiger partial charge in [-0.15, -0.1) is 0 Å². The van der Waals surface area contributed by atoms with Crippen LogP contribution >= 0.6 is 0 Å². The van der Waals surface area contributed by atoms with Crippen LogP contribution in [0.15, 0.2) is 65.9 Å². The fraction of sp³-hybridized carbons (Fsp3) is 0.238. The molecule has 3 rings (SSSR count). The van der Waals surface area contributed by atoms with Gasteiger partial charge in [-0.1, -0.05) is 18.2 Å². The number of halogens is 1. The smallest absolute Gasteiger partial charge is 0.191 e. The summed E-state index contributed by atoms with van der Waals surface area (Å²) in [5.41, 5.74) is 2.93. The van der Waals surface area contributed by atoms with Gasteiger partial charge in [0.2, 0.25) is 0 Å². The quantitative estimate of drug-likeness (QED) is 0.434. The minimum absolute atomic E-state index is 0.325. The Morgan fingerprint density at radius 1 is 1.14 bits per heavy atom. The fourth-order valence-electron chi connectivity index (χ4n) is 2.72. The molecule has 28 heavy (non-hydrogen) atoms. The lowest BCUT2D eigenvalue weighted by Gasteiger charge is -2.12. The van der Waals surface area contributed by atoms with Crippen molar-refractivity contribution in [2.75, 3.05) is 13.1 Å². The summed E-state index contributed by atoms with van der Waals surface area (Å²) in [4.78, 5) is 4.47. The van der Waals surface area contributed by atoms with E-state index in [9.17, 15) is 9.50 Å². The lowest BCUT2D eigenvalue weighted by molar-refractivity contribution is 0.432. The van der Waals surface area contributed by atoms with Gasteiger partial charge in [-0.3, -0.25) is 0 Å². The van der Waals surface area contributed by atoms with Crippen LogP contribution in [0, 0.1) is 5.82 Å². The Kier molecular flexibility index (Phi) is 6.62. The maximum atomic E-state index is 13.4. The van der Waals surface area contributed by atoms with Crippen LogP contribution in [0.25, 0.3) is 5.69 Å². The van der Waals surface area contributed by atoms with Crippen LogP contribution in [-0.2, 0) is 13.0 Å². The van der Waals surface area contributed by atoms with Crippen molar-refractivity contribution in [3.05, 3.63) is 77.9 Å². The number of hydrogen-bond donors (Lipinski definition) is 3. The van der Waals surface area contributed by atoms with E-state index in [1.807, 2.05) is 36.0 Å². The number of rotatable bonds is 7. The first-order valence-electron chi connectivity index (χ1n) is 9.24. The van der Waals surface area contributed by atoms with Gasteiger partial charge in [-0.25, -0.2) is 14.1 Å². The van der Waals surface area contributed by atoms with Crippen molar-refractivity contribution in [1.29, 1.82) is 0 Å². The number of aliphatic imine (C=N–C) groups is 1. The van der Waals surface area contributed by atoms with Gasteiger partial charge in [0.15, 0.2) is 17.5 Å². The molecule has 0 aliphatic carbocycles. The van der Waals surface area contributed by atoms with Crippen molar-refractivity contribution in [3.8, 4) is 11.4 Å². The third-order valence-electron chi connectivity index (χ3n) is 4.19. The molecule has 0 atom stereocenters. The van der Waals surface area contributed by atoms with Crippen molar-refractivity contribution in [2.45, 2.75) is 19.9 Å². The summed E-state index contributed by atoms with van der Waals surface area (Å²) in [6.45, 7) is 3.77. The number of phenolic OH excluding ortho intramolecular Hbond substituents is 1. The van der Waals surface area contributed by atoms with Gasteiger partial charge in [0.1, 0.15) is 0 Å². The first-order valence-corrected chi connectivity index (χ1v) is 9.24. The summed E-state index contributed by atoms with van der Waals surface area (Å²) in [6, 6.07) is 14.4. The molecule has 0 aliphatic rings. The topological polar surface area (TPSA) is 74.5 Å². The van der Waals surface area contributed by atoms with Gasteiger partial charge < -0.3 is 15.7 Å². The minimum atomic E-state index is -0.635. The van der Waals surface area contributed by atoms with E-state index in [-0.39, 0.29) is 5.75 Å². The number of aromatic hydroxyl groups is 1. The first kappa shape index (κ1) is 19.4. The molecule has 1 aromatic heterocycles. The zero-order valence-corrected chi connectivity index (χ0v) is 15.8. The largest absolute Gasteiger partial charge is 0.505 e. The van der Waals surface area contributed by atoms with Crippen molar-refractivity contribution in [1.82, 2.24) is 20.4 Å². The third-order valence-corrected chi connectivity index (χ3v) is 4.19. The number of benzene rings is 2. The van der Waals surface area contributed by atoms with Gasteiger partial charge in [0.25, 0.3) is 0 Å². The van der Waals surface area contributed by atoms with Crippen LogP contribution < -0.4 is 10.6 Å². The Balaban J connectivity index is 1.53. The maximum Gasteiger partial charge on any atom is 0.191 e. The summed E-state index contributed by atoms with van der Waals surface area (Å²) >= 11 is 0. The fourth-order valence-corrected chi connectivity index (χ4v) is 2.72. The average molecular weight is 381 g/mol. The van der Waals surface area contributed by atoms with Crippen LogP contribution in [0.1, 0.15) is 18.1 Å². The molecule has 0 saturated carbocycles. The lowest BCUT2D eigenvalue weighted by Crippen LogP contribution is -2.38. The molecule has 1 heterocycles. The second-order valence-electron chi connectivity index (χ2n) is 6.27. The molecule has 0 radical (unpaired) electrons. The van der Waals surface area contributed by atoms with Gasteiger partial charge in [-0.2, -0.15) is 5.10 Å². The summed E-state index contributed by atoms with van der Waals surface area (Å²) in [7, 11) is 0. The van der Waals surface area contributed by atoms with E-state index in [1.165, 1.54) is 17.7 Å². The van der Waals surface area contributed by atoms with E-state index in [1.54, 1.807) is 12.3 Å². The van der Waals surface area contributed by atoms with Crippen molar-refractivity contribution < 1.29 is 9.50 Å². The monoisotopic (exact) mass is 381 g/mol. The number of phenols is 1. The number of nitrogens with one attached hydrogen (secondary N) is 2. The molecular formula is C21H24FN5O. The summed E-state index contributed by atoms with van der Waals surface area (Å²) in [5, 5.41) is 19.9. The van der Waals surface area contributed by atoms with E-state index in [0.29, 0.717) is 18.1 Å². The number of guanidine groups is 1. The number of aromatic nitrogens is 2. The molecule has 0 fully saturated rings. The summed E-state index contributed by atoms with van der Waals surface area (Å²) < 4.78 is 15.2. The molecule has 3 N–H and O–H groups in total. The highest BCUT2D eigenvalue weighted by atomic mass is 19.1. The molecule has 0 spiro atoms. The lowest BCUT2D eigenvalue weighted by atomic mass is 10.1. The maximum absolute atomic E-state index is 13.4. The molecule has 7 heteroatoms. The summed E-state index contributed by atoms with van der Waals surface area (Å²) in [5.74, 6) is -0.315. The molecule has 0 bridgehead atoms. The Morgan fingerprint density at radius 2 is 1.93 bits per heavy atom. The highest BCUT2D eigenvalue weighted by molar-refractivity contribution is 5.79. The molecule has 0 saturated heterocycles. The second-order valence-corrected chi connectivity index (χ2v) is 6.27. The van der Waals surface area contributed by atoms with E-state index in [0.717, 1.165) is 25.2 Å². The Bertz CT molecular complexity index is 907. The minimum Gasteiger partial charge on any atom is -0.505 e. The van der Waals surface area contributed by atoms with Gasteiger partial charge in [-0.05, 0) is 54.8 Å². The molecule has 2 aromatic carbocycles. The average Bonchev–Trinajstić information content (AvgIpc) is 3.24.